The van der Waals surface area contributed by atoms with Gasteiger partial charge in [0.05, 0.1) is 25.7 Å². The zero-order chi connectivity index (χ0) is 20.4. The van der Waals surface area contributed by atoms with E-state index < -0.39 is 8.53 Å². The summed E-state index contributed by atoms with van der Waals surface area (Å²) in [6.45, 7) is 12.8. The number of piperidine rings is 1. The Balaban J connectivity index is 2.76. The third kappa shape index (κ3) is 7.12. The lowest BCUT2D eigenvalue weighted by Gasteiger charge is -2.41. The summed E-state index contributed by atoms with van der Waals surface area (Å²) in [7, 11) is -1.29. The van der Waals surface area contributed by atoms with E-state index in [1.807, 2.05) is 11.8 Å². The monoisotopic (exact) mass is 387 g/mol. The van der Waals surface area contributed by atoms with Crippen LogP contribution in [0.5, 0.6) is 0 Å². The first-order valence-corrected chi connectivity index (χ1v) is 10.7. The van der Waals surface area contributed by atoms with Crippen molar-refractivity contribution in [1.82, 2.24) is 9.57 Å². The molecule has 1 rings (SSSR count). The van der Waals surface area contributed by atoms with Crippen molar-refractivity contribution in [2.24, 2.45) is 5.41 Å². The van der Waals surface area contributed by atoms with Gasteiger partial charge in [0.2, 0.25) is 5.91 Å². The first kappa shape index (κ1) is 21.6. The van der Waals surface area contributed by atoms with Crippen molar-refractivity contribution < 1.29 is 15.2 Å². The van der Waals surface area contributed by atoms with E-state index in [0.717, 1.165) is 12.8 Å². The van der Waals surface area contributed by atoms with Crippen molar-refractivity contribution in [3.05, 3.63) is 0 Å². The summed E-state index contributed by atoms with van der Waals surface area (Å²) in [6.07, 6.45) is 2.43. The van der Waals surface area contributed by atoms with E-state index in [9.17, 15) is 4.79 Å². The Morgan fingerprint density at radius 1 is 1.31 bits per heavy atom. The molecule has 26 heavy (non-hydrogen) atoms. The molecule has 1 aliphatic heterocycles. The molecule has 1 aliphatic rings. The first-order chi connectivity index (χ1) is 12.8. The smallest absolute Gasteiger partial charge is 0.259 e. The standard InChI is InChI=1S/C19H36N3O3P/c1-7-18(23)21-12-9-19(6,10-13-21)15-25-26(24-14-8-11-20)22(16(2)3)17(4)5/h16-17H,7-10,12-15H2,1-6H3/i6T. The van der Waals surface area contributed by atoms with Crippen molar-refractivity contribution in [3.63, 3.8) is 0 Å². The number of nitrogens with zero attached hydrogens (tertiary/aromatic N) is 3. The minimum absolute atomic E-state index is 0.183. The lowest BCUT2D eigenvalue weighted by molar-refractivity contribution is -0.133. The van der Waals surface area contributed by atoms with Gasteiger partial charge in [-0.15, -0.1) is 0 Å². The van der Waals surface area contributed by atoms with Crippen LogP contribution < -0.4 is 0 Å². The normalized spacial score (nSPS) is 18.9. The van der Waals surface area contributed by atoms with E-state index in [4.69, 9.17) is 15.7 Å². The van der Waals surface area contributed by atoms with E-state index in [0.29, 0.717) is 39.1 Å². The second-order valence-corrected chi connectivity index (χ2v) is 9.01. The van der Waals surface area contributed by atoms with Gasteiger partial charge in [0.25, 0.3) is 8.53 Å². The molecule has 1 atom stereocenters. The molecule has 6 nitrogen and oxygen atoms in total. The van der Waals surface area contributed by atoms with Crippen LogP contribution in [-0.2, 0) is 13.8 Å². The molecule has 1 fully saturated rings. The van der Waals surface area contributed by atoms with E-state index in [1.54, 1.807) is 0 Å². The first-order valence-electron chi connectivity index (χ1n) is 10.3. The topological polar surface area (TPSA) is 65.8 Å². The largest absolute Gasteiger partial charge is 0.343 e. The van der Waals surface area contributed by atoms with E-state index >= 15 is 0 Å². The SMILES string of the molecule is [3H]CC1(COP(OCCC#N)N(C(C)C)C(C)C)CCN(C(=O)CC)CC1. The van der Waals surface area contributed by atoms with E-state index in [2.05, 4.69) is 38.4 Å². The molecule has 0 saturated carbocycles. The maximum atomic E-state index is 11.9. The maximum Gasteiger partial charge on any atom is 0.259 e. The van der Waals surface area contributed by atoms with Gasteiger partial charge in [0, 0.05) is 33.0 Å². The van der Waals surface area contributed by atoms with Gasteiger partial charge in [-0.2, -0.15) is 5.26 Å². The van der Waals surface area contributed by atoms with Gasteiger partial charge in [0.1, 0.15) is 0 Å². The Bertz CT molecular complexity index is 483. The molecule has 0 bridgehead atoms. The van der Waals surface area contributed by atoms with Gasteiger partial charge in [-0.1, -0.05) is 13.8 Å². The predicted octanol–water partition coefficient (Wildman–Crippen LogP) is 4.32. The Morgan fingerprint density at radius 2 is 1.92 bits per heavy atom. The highest BCUT2D eigenvalue weighted by Crippen LogP contribution is 2.48. The molecular weight excluding hydrogens is 349 g/mol. The van der Waals surface area contributed by atoms with Crippen LogP contribution in [0.25, 0.3) is 0 Å². The van der Waals surface area contributed by atoms with E-state index in [-0.39, 0.29) is 30.3 Å². The number of nitriles is 1. The highest BCUT2D eigenvalue weighted by atomic mass is 31.2. The number of amides is 1. The van der Waals surface area contributed by atoms with Gasteiger partial charge in [-0.25, -0.2) is 4.67 Å². The molecule has 1 unspecified atom stereocenters. The lowest BCUT2D eigenvalue weighted by atomic mass is 9.81. The van der Waals surface area contributed by atoms with Crippen LogP contribution in [0.3, 0.4) is 0 Å². The Hall–Kier alpha value is -0.730. The third-order valence-corrected chi connectivity index (χ3v) is 6.68. The fourth-order valence-electron chi connectivity index (χ4n) is 3.10. The van der Waals surface area contributed by atoms with Gasteiger partial charge in [0.15, 0.2) is 0 Å². The summed E-state index contributed by atoms with van der Waals surface area (Å²) in [5.41, 5.74) is -0.233. The van der Waals surface area contributed by atoms with Gasteiger partial charge in [-0.3, -0.25) is 4.79 Å². The van der Waals surface area contributed by atoms with Crippen molar-refractivity contribution in [3.8, 4) is 6.07 Å². The molecule has 0 aliphatic carbocycles. The van der Waals surface area contributed by atoms with Crippen LogP contribution in [0.2, 0.25) is 0 Å². The molecule has 1 amide bonds. The summed E-state index contributed by atoms with van der Waals surface area (Å²) in [4.78, 5) is 13.8. The minimum Gasteiger partial charge on any atom is -0.343 e. The molecule has 0 N–H and O–H groups in total. The number of hydrogen-bond acceptors (Lipinski definition) is 5. The molecule has 1 heterocycles. The average molecular weight is 387 g/mol. The molecule has 0 radical (unpaired) electrons. The van der Waals surface area contributed by atoms with Crippen LogP contribution in [0.4, 0.5) is 0 Å². The van der Waals surface area contributed by atoms with Crippen LogP contribution in [0, 0.1) is 16.7 Å². The summed E-state index contributed by atoms with van der Waals surface area (Å²) >= 11 is 0. The molecule has 0 aromatic rings. The molecule has 7 heteroatoms. The molecule has 150 valence electrons. The summed E-state index contributed by atoms with van der Waals surface area (Å²) in [6, 6.07) is 2.63. The van der Waals surface area contributed by atoms with Crippen LogP contribution in [0.15, 0.2) is 0 Å². The minimum atomic E-state index is -1.29. The van der Waals surface area contributed by atoms with Gasteiger partial charge in [-0.05, 0) is 46.0 Å². The van der Waals surface area contributed by atoms with Crippen LogP contribution in [0.1, 0.15) is 68.6 Å². The zero-order valence-corrected chi connectivity index (χ0v) is 17.9. The second-order valence-electron chi connectivity index (χ2n) is 7.55. The average Bonchev–Trinajstić information content (AvgIpc) is 2.65. The van der Waals surface area contributed by atoms with Crippen molar-refractivity contribution in [2.75, 3.05) is 26.3 Å². The number of carbonyl (C=O) groups excluding carboxylic acids is 1. The second kappa shape index (κ2) is 11.2. The Morgan fingerprint density at radius 3 is 2.38 bits per heavy atom. The number of rotatable bonds is 10. The number of carbonyl (C=O) groups is 1. The summed E-state index contributed by atoms with van der Waals surface area (Å²) in [5, 5.41) is 8.80. The number of likely N-dealkylation sites (tertiary alicyclic amines) is 1. The highest BCUT2D eigenvalue weighted by molar-refractivity contribution is 7.44. The predicted molar refractivity (Wildman–Crippen MR) is 105 cm³/mol. The third-order valence-electron chi connectivity index (χ3n) is 4.62. The molecular formula is C19H36N3O3P. The number of hydrogen-bond donors (Lipinski definition) is 0. The fourth-order valence-corrected chi connectivity index (χ4v) is 4.83. The van der Waals surface area contributed by atoms with Crippen LogP contribution >= 0.6 is 8.53 Å². The quantitative estimate of drug-likeness (QED) is 0.413. The summed E-state index contributed by atoms with van der Waals surface area (Å²) < 4.78 is 22.5. The van der Waals surface area contributed by atoms with Crippen molar-refractivity contribution in [2.45, 2.75) is 79.3 Å². The van der Waals surface area contributed by atoms with Crippen molar-refractivity contribution in [1.29, 1.82) is 5.26 Å². The maximum absolute atomic E-state index is 11.9. The van der Waals surface area contributed by atoms with Crippen LogP contribution in [-0.4, -0.2) is 53.9 Å². The molecule has 0 spiro atoms. The van der Waals surface area contributed by atoms with E-state index in [1.165, 1.54) is 0 Å². The summed E-state index contributed by atoms with van der Waals surface area (Å²) in [5.74, 6) is 0.183. The molecule has 0 aromatic heterocycles. The zero-order valence-electron chi connectivity index (χ0n) is 18.0. The highest BCUT2D eigenvalue weighted by Gasteiger charge is 2.35. The fraction of sp³-hybridized carbons (Fsp3) is 0.895. The van der Waals surface area contributed by atoms with Gasteiger partial charge < -0.3 is 13.9 Å². The Kier molecular flexibility index (Phi) is 9.28. The molecule has 0 aromatic carbocycles. The molecule has 1 saturated heterocycles. The van der Waals surface area contributed by atoms with Crippen molar-refractivity contribution >= 4 is 14.4 Å². The Labute approximate surface area is 162 Å². The lowest BCUT2D eigenvalue weighted by Crippen LogP contribution is -2.43. The van der Waals surface area contributed by atoms with Gasteiger partial charge >= 0.3 is 0 Å².